The zero-order valence-corrected chi connectivity index (χ0v) is 8.74. The lowest BCUT2D eigenvalue weighted by Gasteiger charge is -2.11. The molecule has 0 bridgehead atoms. The Morgan fingerprint density at radius 3 is 2.33 bits per heavy atom. The molecular formula is C7H18N2O2S. The van der Waals surface area contributed by atoms with E-state index in [1.165, 1.54) is 0 Å². The van der Waals surface area contributed by atoms with E-state index in [9.17, 15) is 8.42 Å². The Balaban J connectivity index is 3.88. The number of hydrogen-bond acceptors (Lipinski definition) is 2. The van der Waals surface area contributed by atoms with E-state index in [1.807, 2.05) is 20.8 Å². The van der Waals surface area contributed by atoms with Crippen LogP contribution in [0.3, 0.4) is 0 Å². The van der Waals surface area contributed by atoms with Gasteiger partial charge >= 0.3 is 0 Å². The van der Waals surface area contributed by atoms with Gasteiger partial charge in [0.05, 0.1) is 0 Å². The van der Waals surface area contributed by atoms with E-state index in [0.29, 0.717) is 6.54 Å². The lowest BCUT2D eigenvalue weighted by atomic mass is 10.3. The van der Waals surface area contributed by atoms with Gasteiger partial charge < -0.3 is 0 Å². The quantitative estimate of drug-likeness (QED) is 0.651. The Hall–Kier alpha value is -0.130. The highest BCUT2D eigenvalue weighted by atomic mass is 32.2. The monoisotopic (exact) mass is 194 g/mol. The maximum absolute atomic E-state index is 11.1. The maximum Gasteiger partial charge on any atom is 0.277 e. The van der Waals surface area contributed by atoms with Crippen LogP contribution in [0.1, 0.15) is 33.6 Å². The van der Waals surface area contributed by atoms with E-state index in [0.717, 1.165) is 12.8 Å². The average Bonchev–Trinajstić information content (AvgIpc) is 2.00. The summed E-state index contributed by atoms with van der Waals surface area (Å²) < 4.78 is 27.2. The first-order chi connectivity index (χ1) is 5.52. The van der Waals surface area contributed by atoms with Gasteiger partial charge in [0.1, 0.15) is 0 Å². The molecule has 1 unspecified atom stereocenters. The molecule has 0 spiro atoms. The summed E-state index contributed by atoms with van der Waals surface area (Å²) in [4.78, 5) is 0. The average molecular weight is 194 g/mol. The Morgan fingerprint density at radius 2 is 1.92 bits per heavy atom. The Kier molecular flexibility index (Phi) is 5.44. The standard InChI is InChI=1S/C7H18N2O2S/c1-4-6-8-12(10,11)9-7(3)5-2/h7-9H,4-6H2,1-3H3. The molecule has 0 heterocycles. The Bertz CT molecular complexity index is 201. The van der Waals surface area contributed by atoms with E-state index in [1.54, 1.807) is 0 Å². The second-order valence-corrected chi connectivity index (χ2v) is 4.36. The van der Waals surface area contributed by atoms with Gasteiger partial charge in [0.15, 0.2) is 0 Å². The molecule has 0 aromatic rings. The number of rotatable bonds is 6. The molecule has 0 aromatic heterocycles. The smallest absolute Gasteiger partial charge is 0.202 e. The van der Waals surface area contributed by atoms with Crippen LogP contribution in [-0.4, -0.2) is 21.0 Å². The second-order valence-electron chi connectivity index (χ2n) is 2.82. The molecule has 0 radical (unpaired) electrons. The summed E-state index contributed by atoms with van der Waals surface area (Å²) in [6, 6.07) is -0.000596. The lowest BCUT2D eigenvalue weighted by Crippen LogP contribution is -2.41. The van der Waals surface area contributed by atoms with Gasteiger partial charge in [-0.15, -0.1) is 0 Å². The van der Waals surface area contributed by atoms with Gasteiger partial charge in [-0.3, -0.25) is 0 Å². The van der Waals surface area contributed by atoms with Crippen LogP contribution in [0.25, 0.3) is 0 Å². The van der Waals surface area contributed by atoms with E-state index in [4.69, 9.17) is 0 Å². The van der Waals surface area contributed by atoms with Gasteiger partial charge in [-0.2, -0.15) is 13.1 Å². The molecule has 0 fully saturated rings. The fraction of sp³-hybridized carbons (Fsp3) is 1.00. The van der Waals surface area contributed by atoms with Gasteiger partial charge in [-0.25, -0.2) is 4.72 Å². The molecule has 0 aliphatic carbocycles. The van der Waals surface area contributed by atoms with Crippen LogP contribution in [-0.2, 0) is 10.2 Å². The molecule has 0 saturated carbocycles. The minimum absolute atomic E-state index is 0.000596. The topological polar surface area (TPSA) is 58.2 Å². The minimum atomic E-state index is -3.26. The van der Waals surface area contributed by atoms with Crippen LogP contribution < -0.4 is 9.44 Å². The minimum Gasteiger partial charge on any atom is -0.202 e. The highest BCUT2D eigenvalue weighted by Gasteiger charge is 2.10. The first-order valence-corrected chi connectivity index (χ1v) is 5.77. The fourth-order valence-electron chi connectivity index (χ4n) is 0.626. The van der Waals surface area contributed by atoms with Crippen molar-refractivity contribution in [3.63, 3.8) is 0 Å². The molecule has 0 rings (SSSR count). The highest BCUT2D eigenvalue weighted by Crippen LogP contribution is 1.90. The first kappa shape index (κ1) is 11.9. The second kappa shape index (κ2) is 5.50. The van der Waals surface area contributed by atoms with Crippen molar-refractivity contribution in [2.75, 3.05) is 6.54 Å². The van der Waals surface area contributed by atoms with Crippen LogP contribution in [0, 0.1) is 0 Å². The Labute approximate surface area is 74.9 Å². The van der Waals surface area contributed by atoms with Crippen molar-refractivity contribution in [3.8, 4) is 0 Å². The molecule has 1 atom stereocenters. The number of nitrogens with one attached hydrogen (secondary N) is 2. The SMILES string of the molecule is CCCNS(=O)(=O)NC(C)CC. The highest BCUT2D eigenvalue weighted by molar-refractivity contribution is 7.87. The summed E-state index contributed by atoms with van der Waals surface area (Å²) in [6.45, 7) is 6.19. The first-order valence-electron chi connectivity index (χ1n) is 4.28. The lowest BCUT2D eigenvalue weighted by molar-refractivity contribution is 0.542. The van der Waals surface area contributed by atoms with Crippen molar-refractivity contribution >= 4 is 10.2 Å². The maximum atomic E-state index is 11.1. The molecule has 0 aromatic carbocycles. The van der Waals surface area contributed by atoms with Crippen molar-refractivity contribution in [1.82, 2.24) is 9.44 Å². The summed E-state index contributed by atoms with van der Waals surface area (Å²) in [5.74, 6) is 0. The zero-order valence-electron chi connectivity index (χ0n) is 7.92. The van der Waals surface area contributed by atoms with E-state index in [2.05, 4.69) is 9.44 Å². The molecule has 5 heteroatoms. The van der Waals surface area contributed by atoms with Gasteiger partial charge in [0.2, 0.25) is 0 Å². The van der Waals surface area contributed by atoms with E-state index < -0.39 is 10.2 Å². The molecule has 74 valence electrons. The van der Waals surface area contributed by atoms with Gasteiger partial charge in [0.25, 0.3) is 10.2 Å². The summed E-state index contributed by atoms with van der Waals surface area (Å²) in [6.07, 6.45) is 1.61. The van der Waals surface area contributed by atoms with Crippen LogP contribution in [0.2, 0.25) is 0 Å². The summed E-state index contributed by atoms with van der Waals surface area (Å²) in [5, 5.41) is 0. The third-order valence-corrected chi connectivity index (χ3v) is 2.81. The van der Waals surface area contributed by atoms with Crippen LogP contribution in [0.5, 0.6) is 0 Å². The summed E-state index contributed by atoms with van der Waals surface area (Å²) in [7, 11) is -3.26. The molecule has 0 amide bonds. The molecule has 2 N–H and O–H groups in total. The van der Waals surface area contributed by atoms with Crippen LogP contribution in [0.15, 0.2) is 0 Å². The normalized spacial score (nSPS) is 14.6. The summed E-state index contributed by atoms with van der Waals surface area (Å²) >= 11 is 0. The van der Waals surface area contributed by atoms with E-state index in [-0.39, 0.29) is 6.04 Å². The molecule has 0 saturated heterocycles. The third-order valence-electron chi connectivity index (χ3n) is 1.51. The predicted molar refractivity (Wildman–Crippen MR) is 50.1 cm³/mol. The summed E-state index contributed by atoms with van der Waals surface area (Å²) in [5.41, 5.74) is 0. The predicted octanol–water partition coefficient (Wildman–Crippen LogP) is 0.619. The largest absolute Gasteiger partial charge is 0.277 e. The van der Waals surface area contributed by atoms with Crippen molar-refractivity contribution < 1.29 is 8.42 Å². The van der Waals surface area contributed by atoms with Crippen LogP contribution in [0.4, 0.5) is 0 Å². The van der Waals surface area contributed by atoms with Gasteiger partial charge in [-0.05, 0) is 19.8 Å². The Morgan fingerprint density at radius 1 is 1.33 bits per heavy atom. The molecule has 4 nitrogen and oxygen atoms in total. The zero-order chi connectivity index (χ0) is 9.61. The van der Waals surface area contributed by atoms with Gasteiger partial charge in [0, 0.05) is 12.6 Å². The fourth-order valence-corrected chi connectivity index (χ4v) is 1.88. The molecule has 0 aliphatic heterocycles. The van der Waals surface area contributed by atoms with Crippen molar-refractivity contribution in [2.24, 2.45) is 0 Å². The molecule has 0 aliphatic rings. The van der Waals surface area contributed by atoms with Crippen molar-refractivity contribution in [1.29, 1.82) is 0 Å². The van der Waals surface area contributed by atoms with E-state index >= 15 is 0 Å². The van der Waals surface area contributed by atoms with Crippen molar-refractivity contribution in [3.05, 3.63) is 0 Å². The third kappa shape index (κ3) is 5.51. The van der Waals surface area contributed by atoms with Gasteiger partial charge in [-0.1, -0.05) is 13.8 Å². The number of hydrogen-bond donors (Lipinski definition) is 2. The molecular weight excluding hydrogens is 176 g/mol. The van der Waals surface area contributed by atoms with Crippen molar-refractivity contribution in [2.45, 2.75) is 39.7 Å². The molecule has 12 heavy (non-hydrogen) atoms. The van der Waals surface area contributed by atoms with Crippen LogP contribution >= 0.6 is 0 Å².